The fourth-order valence-electron chi connectivity index (χ4n) is 4.56. The summed E-state index contributed by atoms with van der Waals surface area (Å²) in [6.07, 6.45) is 5.43. The quantitative estimate of drug-likeness (QED) is 0.246. The predicted molar refractivity (Wildman–Crippen MR) is 155 cm³/mol. The number of Topliss-reactive ketones (excluding diaryl/α,β-unsaturated/α-hetero) is 1. The number of hydrogen-bond donors (Lipinski definition) is 3. The number of hydrogen-bond acceptors (Lipinski definition) is 7. The molecule has 0 saturated heterocycles. The monoisotopic (exact) mass is 562 g/mol. The first-order valence-corrected chi connectivity index (χ1v) is 14.2. The third-order valence-corrected chi connectivity index (χ3v) is 6.61. The molecule has 1 aliphatic rings. The lowest BCUT2D eigenvalue weighted by molar-refractivity contribution is -0.147. The molecule has 3 atom stereocenters. The van der Waals surface area contributed by atoms with Crippen molar-refractivity contribution in [1.82, 2.24) is 20.4 Å². The van der Waals surface area contributed by atoms with Gasteiger partial charge >= 0.3 is 0 Å². The highest BCUT2D eigenvalue weighted by molar-refractivity contribution is 6.09. The Morgan fingerprint density at radius 2 is 1.62 bits per heavy atom. The lowest BCUT2D eigenvalue weighted by Crippen LogP contribution is -2.59. The summed E-state index contributed by atoms with van der Waals surface area (Å²) in [7, 11) is 3.53. The Kier molecular flexibility index (Phi) is 14.3. The van der Waals surface area contributed by atoms with Crippen LogP contribution in [0.2, 0.25) is 0 Å². The van der Waals surface area contributed by atoms with Crippen LogP contribution in [0.15, 0.2) is 23.5 Å². The second-order valence-corrected chi connectivity index (χ2v) is 12.1. The number of amides is 4. The lowest BCUT2D eigenvalue weighted by atomic mass is 9.98. The molecule has 0 bridgehead atoms. The summed E-state index contributed by atoms with van der Waals surface area (Å²) in [5.74, 6) is -1.92. The molecule has 4 amide bonds. The first-order chi connectivity index (χ1) is 18.6. The number of aliphatic hydroxyl groups excluding tert-OH is 1. The van der Waals surface area contributed by atoms with Crippen LogP contribution in [-0.4, -0.2) is 83.1 Å². The van der Waals surface area contributed by atoms with Gasteiger partial charge in [0.2, 0.25) is 11.8 Å². The molecule has 0 fully saturated rings. The molecule has 1 aliphatic heterocycles. The van der Waals surface area contributed by atoms with E-state index in [0.29, 0.717) is 31.6 Å². The van der Waals surface area contributed by atoms with Crippen molar-refractivity contribution in [3.05, 3.63) is 23.5 Å². The van der Waals surface area contributed by atoms with Crippen LogP contribution in [0, 0.1) is 17.8 Å². The van der Waals surface area contributed by atoms with Gasteiger partial charge in [-0.1, -0.05) is 53.7 Å². The van der Waals surface area contributed by atoms with Crippen molar-refractivity contribution in [2.24, 2.45) is 17.8 Å². The standard InChI is InChI=1S/C30H50N4O6/c1-18(2)15-22(35)13-11-10-12-14-25(36)31-23(17-33(8)9)28(38)32-26(20(5)6)30(40)34-24(16-19(3)4)27(37)21(7)29(34)39/h10,12,18-20,23-24,26,37H,11,13-17H2,1-9H3,(H,31,36)(H,32,38)/b12-10+/t23-,24+,26+/m1/s1. The minimum atomic E-state index is -1.03. The zero-order chi connectivity index (χ0) is 30.7. The van der Waals surface area contributed by atoms with E-state index in [9.17, 15) is 29.1 Å². The normalized spacial score (nSPS) is 17.5. The molecule has 0 spiro atoms. The Morgan fingerprint density at radius 3 is 2.15 bits per heavy atom. The van der Waals surface area contributed by atoms with Crippen LogP contribution >= 0.6 is 0 Å². The minimum Gasteiger partial charge on any atom is -0.510 e. The van der Waals surface area contributed by atoms with E-state index >= 15 is 0 Å². The van der Waals surface area contributed by atoms with Crippen LogP contribution < -0.4 is 10.6 Å². The smallest absolute Gasteiger partial charge is 0.260 e. The van der Waals surface area contributed by atoms with Crippen LogP contribution in [0.4, 0.5) is 0 Å². The van der Waals surface area contributed by atoms with E-state index in [1.165, 1.54) is 6.92 Å². The van der Waals surface area contributed by atoms with Gasteiger partial charge in [-0.25, -0.2) is 0 Å². The maximum atomic E-state index is 13.6. The van der Waals surface area contributed by atoms with E-state index in [1.807, 2.05) is 27.7 Å². The van der Waals surface area contributed by atoms with Gasteiger partial charge in [0.15, 0.2) is 0 Å². The molecule has 0 aromatic carbocycles. The summed E-state index contributed by atoms with van der Waals surface area (Å²) in [4.78, 5) is 67.1. The largest absolute Gasteiger partial charge is 0.510 e. The number of imide groups is 1. The summed E-state index contributed by atoms with van der Waals surface area (Å²) in [6.45, 7) is 13.1. The summed E-state index contributed by atoms with van der Waals surface area (Å²) in [6, 6.07) is -2.75. The molecule has 0 aromatic heterocycles. The fraction of sp³-hybridized carbons (Fsp3) is 0.700. The maximum Gasteiger partial charge on any atom is 0.260 e. The molecule has 0 aliphatic carbocycles. The van der Waals surface area contributed by atoms with Gasteiger partial charge < -0.3 is 20.6 Å². The molecule has 1 heterocycles. The number of likely N-dealkylation sites (N-methyl/N-ethyl adjacent to an activating group) is 1. The fourth-order valence-corrected chi connectivity index (χ4v) is 4.56. The Labute approximate surface area is 239 Å². The average Bonchev–Trinajstić information content (AvgIpc) is 3.03. The van der Waals surface area contributed by atoms with Gasteiger partial charge in [-0.3, -0.25) is 28.9 Å². The number of nitrogens with zero attached hydrogens (tertiary/aromatic N) is 2. The first-order valence-electron chi connectivity index (χ1n) is 14.2. The van der Waals surface area contributed by atoms with Crippen LogP contribution in [0.25, 0.3) is 0 Å². The molecule has 40 heavy (non-hydrogen) atoms. The molecule has 3 N–H and O–H groups in total. The Bertz CT molecular complexity index is 983. The van der Waals surface area contributed by atoms with Crippen molar-refractivity contribution in [3.8, 4) is 0 Å². The summed E-state index contributed by atoms with van der Waals surface area (Å²) >= 11 is 0. The van der Waals surface area contributed by atoms with Gasteiger partial charge in [0.1, 0.15) is 23.6 Å². The number of aliphatic hydroxyl groups is 1. The van der Waals surface area contributed by atoms with Crippen molar-refractivity contribution in [2.45, 2.75) is 98.7 Å². The maximum absolute atomic E-state index is 13.6. The summed E-state index contributed by atoms with van der Waals surface area (Å²) in [5, 5.41) is 16.0. The SMILES string of the molecule is CC1=C(O)[C@H](CC(C)C)N(C(=O)[C@@H](NC(=O)[C@@H](CN(C)C)NC(=O)C/C=C/CCC(=O)CC(C)C)C(C)C)C1=O. The molecule has 0 radical (unpaired) electrons. The zero-order valence-corrected chi connectivity index (χ0v) is 25.7. The number of carbonyl (C=O) groups excluding carboxylic acids is 5. The number of nitrogens with one attached hydrogen (secondary N) is 2. The molecule has 0 unspecified atom stereocenters. The van der Waals surface area contributed by atoms with Crippen LogP contribution in [-0.2, 0) is 24.0 Å². The molecule has 226 valence electrons. The highest BCUT2D eigenvalue weighted by atomic mass is 16.3. The highest BCUT2D eigenvalue weighted by Crippen LogP contribution is 2.30. The van der Waals surface area contributed by atoms with Crippen LogP contribution in [0.5, 0.6) is 0 Å². The van der Waals surface area contributed by atoms with Gasteiger partial charge in [-0.05, 0) is 51.6 Å². The highest BCUT2D eigenvalue weighted by Gasteiger charge is 2.44. The van der Waals surface area contributed by atoms with E-state index in [1.54, 1.807) is 45.0 Å². The first kappa shape index (κ1) is 35.0. The van der Waals surface area contributed by atoms with E-state index in [-0.39, 0.29) is 47.8 Å². The molecule has 10 nitrogen and oxygen atoms in total. The van der Waals surface area contributed by atoms with E-state index in [0.717, 1.165) is 4.90 Å². The molecule has 1 rings (SSSR count). The van der Waals surface area contributed by atoms with E-state index in [4.69, 9.17) is 0 Å². The van der Waals surface area contributed by atoms with Gasteiger partial charge in [-0.2, -0.15) is 0 Å². The van der Waals surface area contributed by atoms with Crippen LogP contribution in [0.1, 0.15) is 80.6 Å². The predicted octanol–water partition coefficient (Wildman–Crippen LogP) is 3.13. The molecule has 0 saturated carbocycles. The third-order valence-electron chi connectivity index (χ3n) is 6.61. The minimum absolute atomic E-state index is 0.0471. The number of carbonyl (C=O) groups is 5. The average molecular weight is 563 g/mol. The number of ketones is 1. The summed E-state index contributed by atoms with van der Waals surface area (Å²) < 4.78 is 0. The Hall–Kier alpha value is -3.01. The van der Waals surface area contributed by atoms with Crippen molar-refractivity contribution in [3.63, 3.8) is 0 Å². The van der Waals surface area contributed by atoms with E-state index < -0.39 is 35.8 Å². The van der Waals surface area contributed by atoms with Gasteiger partial charge in [0, 0.05) is 25.8 Å². The number of allylic oxidation sites excluding steroid dienone is 1. The molecule has 10 heteroatoms. The van der Waals surface area contributed by atoms with Crippen LogP contribution in [0.3, 0.4) is 0 Å². The van der Waals surface area contributed by atoms with Crippen molar-refractivity contribution in [1.29, 1.82) is 0 Å². The van der Waals surface area contributed by atoms with Crippen molar-refractivity contribution in [2.75, 3.05) is 20.6 Å². The van der Waals surface area contributed by atoms with Gasteiger partial charge in [0.25, 0.3) is 11.8 Å². The Balaban J connectivity index is 2.93. The Morgan fingerprint density at radius 1 is 1.00 bits per heavy atom. The number of rotatable bonds is 16. The zero-order valence-electron chi connectivity index (χ0n) is 25.7. The molecule has 0 aromatic rings. The van der Waals surface area contributed by atoms with Gasteiger partial charge in [-0.15, -0.1) is 0 Å². The third kappa shape index (κ3) is 10.9. The van der Waals surface area contributed by atoms with Gasteiger partial charge in [0.05, 0.1) is 11.6 Å². The summed E-state index contributed by atoms with van der Waals surface area (Å²) in [5.41, 5.74) is 0.128. The second-order valence-electron chi connectivity index (χ2n) is 12.1. The molecular formula is C30H50N4O6. The second kappa shape index (κ2) is 16.3. The lowest BCUT2D eigenvalue weighted by Gasteiger charge is -2.32. The van der Waals surface area contributed by atoms with Crippen molar-refractivity contribution >= 4 is 29.4 Å². The topological polar surface area (TPSA) is 136 Å². The van der Waals surface area contributed by atoms with Crippen molar-refractivity contribution < 1.29 is 29.1 Å². The van der Waals surface area contributed by atoms with E-state index in [2.05, 4.69) is 10.6 Å². The molecular weight excluding hydrogens is 512 g/mol.